The molecule has 0 spiro atoms. The number of benzene rings is 1. The lowest BCUT2D eigenvalue weighted by molar-refractivity contribution is 0.409. The van der Waals surface area contributed by atoms with E-state index in [1.54, 1.807) is 7.11 Å². The normalized spacial score (nSPS) is 25.8. The second-order valence-corrected chi connectivity index (χ2v) is 3.75. The van der Waals surface area contributed by atoms with Gasteiger partial charge in [-0.1, -0.05) is 12.1 Å². The van der Waals surface area contributed by atoms with Gasteiger partial charge in [-0.25, -0.2) is 0 Å². The maximum atomic E-state index is 5.80. The van der Waals surface area contributed by atoms with E-state index in [0.717, 1.165) is 12.2 Å². The molecule has 0 bridgehead atoms. The molecule has 70 valence electrons. The second kappa shape index (κ2) is 3.04. The first-order valence-electron chi connectivity index (χ1n) is 4.62. The Morgan fingerprint density at radius 1 is 1.46 bits per heavy atom. The highest BCUT2D eigenvalue weighted by molar-refractivity contribution is 5.43. The highest BCUT2D eigenvalue weighted by Crippen LogP contribution is 2.43. The lowest BCUT2D eigenvalue weighted by Crippen LogP contribution is -2.02. The quantitative estimate of drug-likeness (QED) is 0.747. The van der Waals surface area contributed by atoms with E-state index in [2.05, 4.69) is 25.1 Å². The van der Waals surface area contributed by atoms with Crippen molar-refractivity contribution in [2.75, 3.05) is 7.11 Å². The van der Waals surface area contributed by atoms with Crippen molar-refractivity contribution < 1.29 is 4.74 Å². The average molecular weight is 177 g/mol. The number of ether oxygens (including phenoxy) is 1. The fraction of sp³-hybridized carbons (Fsp3) is 0.455. The van der Waals surface area contributed by atoms with Gasteiger partial charge in [-0.3, -0.25) is 0 Å². The average Bonchev–Trinajstić information content (AvgIpc) is 2.82. The zero-order chi connectivity index (χ0) is 9.42. The molecule has 0 unspecified atom stereocenters. The first-order chi connectivity index (χ1) is 6.22. The summed E-state index contributed by atoms with van der Waals surface area (Å²) in [6.45, 7) is 2.07. The highest BCUT2D eigenvalue weighted by atomic mass is 16.5. The third-order valence-corrected chi connectivity index (χ3v) is 2.63. The zero-order valence-corrected chi connectivity index (χ0v) is 8.08. The molecule has 13 heavy (non-hydrogen) atoms. The van der Waals surface area contributed by atoms with Crippen molar-refractivity contribution in [1.29, 1.82) is 0 Å². The van der Waals surface area contributed by atoms with Gasteiger partial charge in [0, 0.05) is 12.0 Å². The summed E-state index contributed by atoms with van der Waals surface area (Å²) >= 11 is 0. The number of hydrogen-bond donors (Lipinski definition) is 1. The highest BCUT2D eigenvalue weighted by Gasteiger charge is 2.36. The van der Waals surface area contributed by atoms with Gasteiger partial charge in [0.05, 0.1) is 7.11 Å². The van der Waals surface area contributed by atoms with E-state index < -0.39 is 0 Å². The summed E-state index contributed by atoms with van der Waals surface area (Å²) in [6.07, 6.45) is 1.10. The maximum absolute atomic E-state index is 5.80. The summed E-state index contributed by atoms with van der Waals surface area (Å²) in [4.78, 5) is 0. The fourth-order valence-electron chi connectivity index (χ4n) is 1.70. The molecule has 2 atom stereocenters. The summed E-state index contributed by atoms with van der Waals surface area (Å²) in [6, 6.07) is 6.66. The van der Waals surface area contributed by atoms with Gasteiger partial charge < -0.3 is 10.5 Å². The van der Waals surface area contributed by atoms with Crippen LogP contribution in [0, 0.1) is 6.92 Å². The van der Waals surface area contributed by atoms with Crippen molar-refractivity contribution >= 4 is 0 Å². The lowest BCUT2D eigenvalue weighted by Gasteiger charge is -2.08. The van der Waals surface area contributed by atoms with Crippen molar-refractivity contribution in [2.24, 2.45) is 5.73 Å². The van der Waals surface area contributed by atoms with Gasteiger partial charge in [0.1, 0.15) is 5.75 Å². The van der Waals surface area contributed by atoms with E-state index in [0.29, 0.717) is 12.0 Å². The van der Waals surface area contributed by atoms with Gasteiger partial charge in [-0.05, 0) is 30.5 Å². The summed E-state index contributed by atoms with van der Waals surface area (Å²) in [5.41, 5.74) is 8.30. The van der Waals surface area contributed by atoms with E-state index in [4.69, 9.17) is 10.5 Å². The van der Waals surface area contributed by atoms with Crippen molar-refractivity contribution in [3.8, 4) is 5.75 Å². The fourth-order valence-corrected chi connectivity index (χ4v) is 1.70. The predicted octanol–water partition coefficient (Wildman–Crippen LogP) is 1.82. The molecule has 1 aliphatic carbocycles. The molecule has 0 radical (unpaired) electrons. The molecule has 2 nitrogen and oxygen atoms in total. The standard InChI is InChI=1S/C11H15NO/c1-7-3-4-8(9-6-10(9)12)11(5-7)13-2/h3-5,9-10H,6,12H2,1-2H3/t9-,10+/m0/s1. The molecule has 1 saturated carbocycles. The Morgan fingerprint density at radius 2 is 2.15 bits per heavy atom. The van der Waals surface area contributed by atoms with Crippen LogP contribution in [0.15, 0.2) is 18.2 Å². The molecule has 1 fully saturated rings. The Kier molecular flexibility index (Phi) is 2.00. The minimum absolute atomic E-state index is 0.344. The number of aryl methyl sites for hydroxylation is 1. The van der Waals surface area contributed by atoms with E-state index in [1.165, 1.54) is 11.1 Å². The van der Waals surface area contributed by atoms with Gasteiger partial charge in [-0.2, -0.15) is 0 Å². The summed E-state index contributed by atoms with van der Waals surface area (Å²) < 4.78 is 5.32. The summed E-state index contributed by atoms with van der Waals surface area (Å²) in [7, 11) is 1.71. The first-order valence-corrected chi connectivity index (χ1v) is 4.62. The van der Waals surface area contributed by atoms with Gasteiger partial charge in [-0.15, -0.1) is 0 Å². The number of methoxy groups -OCH3 is 1. The minimum Gasteiger partial charge on any atom is -0.496 e. The van der Waals surface area contributed by atoms with Crippen LogP contribution in [0.4, 0.5) is 0 Å². The Labute approximate surface area is 78.7 Å². The van der Waals surface area contributed by atoms with Crippen LogP contribution in [0.5, 0.6) is 5.75 Å². The van der Waals surface area contributed by atoms with Crippen LogP contribution in [0.3, 0.4) is 0 Å². The molecule has 2 N–H and O–H groups in total. The zero-order valence-electron chi connectivity index (χ0n) is 8.08. The van der Waals surface area contributed by atoms with Gasteiger partial charge >= 0.3 is 0 Å². The SMILES string of the molecule is COc1cc(C)ccc1[C@@H]1C[C@H]1N. The number of rotatable bonds is 2. The molecular formula is C11H15NO. The molecule has 0 saturated heterocycles. The monoisotopic (exact) mass is 177 g/mol. The van der Waals surface area contributed by atoms with Crippen molar-refractivity contribution in [2.45, 2.75) is 25.3 Å². The van der Waals surface area contributed by atoms with Crippen LogP contribution in [0.25, 0.3) is 0 Å². The Bertz CT molecular complexity index is 322. The second-order valence-electron chi connectivity index (χ2n) is 3.75. The van der Waals surface area contributed by atoms with Gasteiger partial charge in [0.25, 0.3) is 0 Å². The van der Waals surface area contributed by atoms with Crippen LogP contribution in [-0.2, 0) is 0 Å². The molecule has 0 aromatic heterocycles. The molecule has 2 heteroatoms. The first kappa shape index (κ1) is 8.57. The van der Waals surface area contributed by atoms with Crippen LogP contribution < -0.4 is 10.5 Å². The molecular weight excluding hydrogens is 162 g/mol. The number of nitrogens with two attached hydrogens (primary N) is 1. The Morgan fingerprint density at radius 3 is 2.69 bits per heavy atom. The van der Waals surface area contributed by atoms with Crippen molar-refractivity contribution in [3.05, 3.63) is 29.3 Å². The molecule has 1 aromatic carbocycles. The van der Waals surface area contributed by atoms with E-state index in [1.807, 2.05) is 0 Å². The molecule has 0 amide bonds. The maximum Gasteiger partial charge on any atom is 0.122 e. The van der Waals surface area contributed by atoms with E-state index in [-0.39, 0.29) is 0 Å². The van der Waals surface area contributed by atoms with Crippen molar-refractivity contribution in [3.63, 3.8) is 0 Å². The predicted molar refractivity (Wildman–Crippen MR) is 53.1 cm³/mol. The van der Waals surface area contributed by atoms with E-state index >= 15 is 0 Å². The number of hydrogen-bond acceptors (Lipinski definition) is 2. The summed E-state index contributed by atoms with van der Waals surface area (Å²) in [5.74, 6) is 1.51. The molecule has 0 heterocycles. The van der Waals surface area contributed by atoms with Crippen LogP contribution in [-0.4, -0.2) is 13.2 Å². The molecule has 0 aliphatic heterocycles. The molecule has 1 aromatic rings. The van der Waals surface area contributed by atoms with Crippen molar-refractivity contribution in [1.82, 2.24) is 0 Å². The topological polar surface area (TPSA) is 35.2 Å². The third kappa shape index (κ3) is 1.54. The molecule has 1 aliphatic rings. The minimum atomic E-state index is 0.344. The van der Waals surface area contributed by atoms with Crippen LogP contribution in [0.2, 0.25) is 0 Å². The summed E-state index contributed by atoms with van der Waals surface area (Å²) in [5, 5.41) is 0. The third-order valence-electron chi connectivity index (χ3n) is 2.63. The van der Waals surface area contributed by atoms with Crippen LogP contribution in [0.1, 0.15) is 23.5 Å². The van der Waals surface area contributed by atoms with Gasteiger partial charge in [0.2, 0.25) is 0 Å². The Balaban J connectivity index is 2.34. The van der Waals surface area contributed by atoms with Crippen LogP contribution >= 0.6 is 0 Å². The largest absolute Gasteiger partial charge is 0.496 e. The molecule has 2 rings (SSSR count). The van der Waals surface area contributed by atoms with E-state index in [9.17, 15) is 0 Å². The van der Waals surface area contributed by atoms with Gasteiger partial charge in [0.15, 0.2) is 0 Å². The smallest absolute Gasteiger partial charge is 0.122 e. The Hall–Kier alpha value is -1.02. The lowest BCUT2D eigenvalue weighted by atomic mass is 10.1.